The van der Waals surface area contributed by atoms with E-state index in [1.807, 2.05) is 6.07 Å². The normalized spacial score (nSPS) is 26.3. The van der Waals surface area contributed by atoms with Gasteiger partial charge in [-0.1, -0.05) is 11.6 Å². The van der Waals surface area contributed by atoms with E-state index in [1.54, 1.807) is 6.07 Å². The molecule has 0 radical (unpaired) electrons. The van der Waals surface area contributed by atoms with E-state index >= 15 is 0 Å². The number of aromatic nitrogens is 2. The fourth-order valence-electron chi connectivity index (χ4n) is 2.10. The van der Waals surface area contributed by atoms with E-state index in [0.717, 1.165) is 14.6 Å². The van der Waals surface area contributed by atoms with E-state index in [0.29, 0.717) is 11.0 Å². The second-order valence-corrected chi connectivity index (χ2v) is 6.10. The molecule has 8 heteroatoms. The number of aromatic amines is 1. The summed E-state index contributed by atoms with van der Waals surface area (Å²) in [5.41, 5.74) is 1.50. The molecule has 0 bridgehead atoms. The van der Waals surface area contributed by atoms with Crippen molar-refractivity contribution in [3.8, 4) is 6.01 Å². The Balaban J connectivity index is 1.81. The Bertz CT molecular complexity index is 596. The Labute approximate surface area is 133 Å². The molecular weight excluding hydrogens is 398 g/mol. The minimum Gasteiger partial charge on any atom is -0.456 e. The highest BCUT2D eigenvalue weighted by molar-refractivity contribution is 14.1. The van der Waals surface area contributed by atoms with E-state index in [1.165, 1.54) is 0 Å². The van der Waals surface area contributed by atoms with Crippen molar-refractivity contribution in [1.82, 2.24) is 9.97 Å². The third-order valence-corrected chi connectivity index (χ3v) is 4.71. The minimum absolute atomic E-state index is 0.210. The summed E-state index contributed by atoms with van der Waals surface area (Å²) in [7, 11) is 0. The third kappa shape index (κ3) is 2.60. The largest absolute Gasteiger partial charge is 0.456 e. The van der Waals surface area contributed by atoms with Crippen molar-refractivity contribution in [1.29, 1.82) is 0 Å². The molecule has 1 aromatic heterocycles. The van der Waals surface area contributed by atoms with Gasteiger partial charge in [-0.2, -0.15) is 4.98 Å². The molecular formula is C12H12ClIN2O4. The number of halogens is 2. The van der Waals surface area contributed by atoms with Crippen LogP contribution in [0.25, 0.3) is 11.0 Å². The minimum atomic E-state index is -0.878. The van der Waals surface area contributed by atoms with Gasteiger partial charge in [0.15, 0.2) is 6.10 Å². The molecule has 2 aromatic rings. The second kappa shape index (κ2) is 5.64. The topological polar surface area (TPSA) is 87.6 Å². The molecule has 3 N–H and O–H groups in total. The summed E-state index contributed by atoms with van der Waals surface area (Å²) in [5, 5.41) is 19.6. The molecule has 1 saturated heterocycles. The van der Waals surface area contributed by atoms with Crippen LogP contribution in [0.3, 0.4) is 0 Å². The first-order valence-corrected chi connectivity index (χ1v) is 7.46. The Morgan fingerprint density at radius 1 is 1.55 bits per heavy atom. The molecule has 1 aliphatic rings. The van der Waals surface area contributed by atoms with Crippen LogP contribution in [0.2, 0.25) is 5.02 Å². The van der Waals surface area contributed by atoms with Crippen LogP contribution in [0.15, 0.2) is 12.1 Å². The number of H-pyrrole nitrogens is 1. The highest BCUT2D eigenvalue weighted by Gasteiger charge is 2.37. The maximum Gasteiger partial charge on any atom is 0.295 e. The average Bonchev–Trinajstić information content (AvgIpc) is 2.95. The number of imidazole rings is 1. The summed E-state index contributed by atoms with van der Waals surface area (Å²) in [6, 6.07) is 3.92. The second-order valence-electron chi connectivity index (χ2n) is 4.53. The van der Waals surface area contributed by atoms with Crippen LogP contribution in [0.5, 0.6) is 6.01 Å². The quantitative estimate of drug-likeness (QED) is 0.665. The number of benzene rings is 1. The average molecular weight is 411 g/mol. The predicted molar refractivity (Wildman–Crippen MR) is 81.1 cm³/mol. The van der Waals surface area contributed by atoms with Crippen LogP contribution in [0.1, 0.15) is 0 Å². The van der Waals surface area contributed by atoms with Crippen molar-refractivity contribution in [2.75, 3.05) is 13.2 Å². The van der Waals surface area contributed by atoms with Gasteiger partial charge >= 0.3 is 0 Å². The maximum atomic E-state index is 9.90. The van der Waals surface area contributed by atoms with Gasteiger partial charge < -0.3 is 24.7 Å². The smallest absolute Gasteiger partial charge is 0.295 e. The summed E-state index contributed by atoms with van der Waals surface area (Å²) in [6.07, 6.45) is -2.04. The van der Waals surface area contributed by atoms with Crippen molar-refractivity contribution in [2.45, 2.75) is 18.3 Å². The lowest BCUT2D eigenvalue weighted by molar-refractivity contribution is -0.00390. The van der Waals surface area contributed by atoms with E-state index in [9.17, 15) is 5.11 Å². The van der Waals surface area contributed by atoms with E-state index in [4.69, 9.17) is 26.2 Å². The zero-order valence-corrected chi connectivity index (χ0v) is 13.1. The molecule has 1 aromatic carbocycles. The Morgan fingerprint density at radius 3 is 3.05 bits per heavy atom. The van der Waals surface area contributed by atoms with Crippen LogP contribution in [-0.4, -0.2) is 51.7 Å². The molecule has 3 atom stereocenters. The number of aliphatic hydroxyl groups is 2. The Hall–Kier alpha value is -0.610. The summed E-state index contributed by atoms with van der Waals surface area (Å²) in [4.78, 5) is 7.29. The van der Waals surface area contributed by atoms with Crippen molar-refractivity contribution >= 4 is 45.2 Å². The van der Waals surface area contributed by atoms with Gasteiger partial charge in [0.05, 0.1) is 29.3 Å². The Kier molecular flexibility index (Phi) is 4.04. The van der Waals surface area contributed by atoms with Gasteiger partial charge in [-0.05, 0) is 34.7 Å². The molecule has 0 saturated carbocycles. The molecule has 1 aliphatic heterocycles. The first-order chi connectivity index (χ1) is 9.58. The van der Waals surface area contributed by atoms with Crippen molar-refractivity contribution < 1.29 is 19.7 Å². The molecule has 108 valence electrons. The molecule has 3 rings (SSSR count). The van der Waals surface area contributed by atoms with Crippen LogP contribution in [0, 0.1) is 3.57 Å². The standard InChI is InChI=1S/C12H12ClIN2O4/c13-5-1-7-8(2-6(5)14)16-12(15-7)20-10-4-19-9(3-17)11(10)18/h1-2,9-11,17-18H,3-4H2,(H,15,16)/t9-,10-,11-/m1/s1. The molecule has 0 aliphatic carbocycles. The molecule has 20 heavy (non-hydrogen) atoms. The van der Waals surface area contributed by atoms with E-state index < -0.39 is 18.3 Å². The highest BCUT2D eigenvalue weighted by atomic mass is 127. The van der Waals surface area contributed by atoms with Gasteiger partial charge in [0.1, 0.15) is 12.2 Å². The zero-order valence-electron chi connectivity index (χ0n) is 10.2. The van der Waals surface area contributed by atoms with Gasteiger partial charge in [-0.15, -0.1) is 0 Å². The predicted octanol–water partition coefficient (Wildman–Crippen LogP) is 1.32. The lowest BCUT2D eigenvalue weighted by Crippen LogP contribution is -2.36. The fraction of sp³-hybridized carbons (Fsp3) is 0.417. The lowest BCUT2D eigenvalue weighted by atomic mass is 10.1. The van der Waals surface area contributed by atoms with Gasteiger partial charge in [-0.3, -0.25) is 0 Å². The monoisotopic (exact) mass is 410 g/mol. The van der Waals surface area contributed by atoms with Gasteiger partial charge in [0.25, 0.3) is 6.01 Å². The van der Waals surface area contributed by atoms with Crippen LogP contribution in [-0.2, 0) is 4.74 Å². The number of nitrogens with zero attached hydrogens (tertiary/aromatic N) is 1. The molecule has 6 nitrogen and oxygen atoms in total. The summed E-state index contributed by atoms with van der Waals surface area (Å²) < 4.78 is 11.7. The summed E-state index contributed by atoms with van der Waals surface area (Å²) in [5.74, 6) is 0. The molecule has 0 spiro atoms. The first kappa shape index (κ1) is 14.3. The molecule has 0 unspecified atom stereocenters. The van der Waals surface area contributed by atoms with Crippen molar-refractivity contribution in [2.24, 2.45) is 0 Å². The van der Waals surface area contributed by atoms with Gasteiger partial charge in [-0.25, -0.2) is 0 Å². The number of aliphatic hydroxyl groups excluding tert-OH is 2. The molecule has 1 fully saturated rings. The Morgan fingerprint density at radius 2 is 2.35 bits per heavy atom. The maximum absolute atomic E-state index is 9.90. The van der Waals surface area contributed by atoms with Crippen LogP contribution < -0.4 is 4.74 Å². The molecule has 2 heterocycles. The van der Waals surface area contributed by atoms with Crippen LogP contribution >= 0.6 is 34.2 Å². The highest BCUT2D eigenvalue weighted by Crippen LogP contribution is 2.26. The van der Waals surface area contributed by atoms with Gasteiger partial charge in [0.2, 0.25) is 0 Å². The number of nitrogens with one attached hydrogen (secondary N) is 1. The fourth-order valence-corrected chi connectivity index (χ4v) is 2.71. The van der Waals surface area contributed by atoms with Crippen molar-refractivity contribution in [3.05, 3.63) is 20.7 Å². The number of hydrogen-bond acceptors (Lipinski definition) is 5. The number of rotatable bonds is 3. The van der Waals surface area contributed by atoms with Gasteiger partial charge in [0, 0.05) is 3.57 Å². The molecule has 0 amide bonds. The summed E-state index contributed by atoms with van der Waals surface area (Å²) >= 11 is 8.17. The number of fused-ring (bicyclic) bond motifs is 1. The number of ether oxygens (including phenoxy) is 2. The van der Waals surface area contributed by atoms with Crippen LogP contribution in [0.4, 0.5) is 0 Å². The zero-order chi connectivity index (χ0) is 14.3. The third-order valence-electron chi connectivity index (χ3n) is 3.18. The first-order valence-electron chi connectivity index (χ1n) is 6.00. The van der Waals surface area contributed by atoms with E-state index in [-0.39, 0.29) is 13.2 Å². The van der Waals surface area contributed by atoms with Crippen molar-refractivity contribution in [3.63, 3.8) is 0 Å². The lowest BCUT2D eigenvalue weighted by Gasteiger charge is -2.15. The summed E-state index contributed by atoms with van der Waals surface area (Å²) in [6.45, 7) is -0.0311. The van der Waals surface area contributed by atoms with E-state index in [2.05, 4.69) is 32.6 Å². The SMILES string of the molecule is OC[C@H]1OC[C@@H](Oc2nc3cc(I)c(Cl)cc3[nH]2)[C@@H]1O. The number of hydrogen-bond donors (Lipinski definition) is 3.